The summed E-state index contributed by atoms with van der Waals surface area (Å²) >= 11 is 0. The molecule has 1 aliphatic carbocycles. The highest BCUT2D eigenvalue weighted by Gasteiger charge is 2.37. The first-order valence-electron chi connectivity index (χ1n) is 11.9. The van der Waals surface area contributed by atoms with E-state index in [1.807, 2.05) is 0 Å². The van der Waals surface area contributed by atoms with Crippen molar-refractivity contribution in [1.82, 2.24) is 29.7 Å². The second-order valence-electron chi connectivity index (χ2n) is 8.92. The van der Waals surface area contributed by atoms with Gasteiger partial charge in [-0.2, -0.15) is 23.4 Å². The minimum absolute atomic E-state index is 0.0132. The van der Waals surface area contributed by atoms with E-state index in [0.717, 1.165) is 29.6 Å². The van der Waals surface area contributed by atoms with E-state index < -0.39 is 29.9 Å². The molecule has 5 rings (SSSR count). The summed E-state index contributed by atoms with van der Waals surface area (Å²) in [6.45, 7) is 0.304. The van der Waals surface area contributed by atoms with E-state index >= 15 is 0 Å². The van der Waals surface area contributed by atoms with Crippen molar-refractivity contribution in [3.63, 3.8) is 0 Å². The van der Waals surface area contributed by atoms with E-state index in [1.54, 1.807) is 24.3 Å². The lowest BCUT2D eigenvalue weighted by Crippen LogP contribution is -2.25. The Hall–Kier alpha value is -4.03. The zero-order valence-electron chi connectivity index (χ0n) is 20.2. The fraction of sp³-hybridized carbons (Fsp3) is 0.360. The molecular weight excluding hydrogens is 511 g/mol. The fourth-order valence-corrected chi connectivity index (χ4v) is 4.28. The minimum Gasteiger partial charge on any atom is -0.496 e. The lowest BCUT2D eigenvalue weighted by atomic mass is 10.1. The molecule has 1 amide bonds. The van der Waals surface area contributed by atoms with E-state index in [2.05, 4.69) is 20.5 Å². The largest absolute Gasteiger partial charge is 0.496 e. The normalized spacial score (nSPS) is 13.9. The summed E-state index contributed by atoms with van der Waals surface area (Å²) in [5.41, 5.74) is -0.246. The van der Waals surface area contributed by atoms with Crippen molar-refractivity contribution in [2.75, 3.05) is 13.7 Å². The number of nitrogens with zero attached hydrogens (tertiary/aromatic N) is 5. The van der Waals surface area contributed by atoms with Gasteiger partial charge in [0, 0.05) is 30.3 Å². The second-order valence-corrected chi connectivity index (χ2v) is 8.92. The first kappa shape index (κ1) is 25.6. The van der Waals surface area contributed by atoms with Crippen LogP contribution in [0.2, 0.25) is 0 Å². The summed E-state index contributed by atoms with van der Waals surface area (Å²) < 4.78 is 74.6. The molecule has 1 fully saturated rings. The van der Waals surface area contributed by atoms with Crippen LogP contribution in [0.4, 0.5) is 22.0 Å². The number of methoxy groups -OCH3 is 1. The molecule has 0 spiro atoms. The number of alkyl halides is 5. The van der Waals surface area contributed by atoms with Gasteiger partial charge in [-0.15, -0.1) is 0 Å². The third kappa shape index (κ3) is 5.04. The Bertz CT molecular complexity index is 1470. The van der Waals surface area contributed by atoms with Crippen LogP contribution in [0.5, 0.6) is 5.75 Å². The molecule has 1 aromatic carbocycles. The van der Waals surface area contributed by atoms with Gasteiger partial charge in [0.2, 0.25) is 0 Å². The Labute approximate surface area is 213 Å². The summed E-state index contributed by atoms with van der Waals surface area (Å²) in [5, 5.41) is 10.3. The van der Waals surface area contributed by atoms with Gasteiger partial charge in [0.15, 0.2) is 11.3 Å². The standard InChI is InChI=1S/C25H23F5N6O2/c1-38-20-6-3-2-5-15(20)17-11-19(22(26)27)36-23(33-17)16(13-32-36)24(37)31-9-4-10-35-18(14-7-8-14)12-21(34-35)25(28,29)30/h2-3,5-6,11-14,22H,4,7-10H2,1H3,(H,31,37). The number of nitrogens with one attached hydrogen (secondary N) is 1. The van der Waals surface area contributed by atoms with Crippen LogP contribution in [0.25, 0.3) is 16.9 Å². The van der Waals surface area contributed by atoms with E-state index in [0.29, 0.717) is 23.4 Å². The summed E-state index contributed by atoms with van der Waals surface area (Å²) in [7, 11) is 1.45. The van der Waals surface area contributed by atoms with Gasteiger partial charge in [0.1, 0.15) is 17.0 Å². The third-order valence-corrected chi connectivity index (χ3v) is 6.28. The quantitative estimate of drug-likeness (QED) is 0.234. The Morgan fingerprint density at radius 3 is 2.66 bits per heavy atom. The zero-order valence-corrected chi connectivity index (χ0v) is 20.2. The van der Waals surface area contributed by atoms with Crippen molar-refractivity contribution in [3.05, 3.63) is 65.2 Å². The van der Waals surface area contributed by atoms with Gasteiger partial charge in [-0.3, -0.25) is 9.48 Å². The Balaban J connectivity index is 1.34. The van der Waals surface area contributed by atoms with Crippen LogP contribution < -0.4 is 10.1 Å². The maximum atomic E-state index is 13.9. The number of aromatic nitrogens is 5. The number of aryl methyl sites for hydroxylation is 1. The maximum Gasteiger partial charge on any atom is 0.435 e. The number of carbonyl (C=O) groups is 1. The monoisotopic (exact) mass is 534 g/mol. The van der Waals surface area contributed by atoms with Gasteiger partial charge >= 0.3 is 6.18 Å². The molecule has 0 atom stereocenters. The van der Waals surface area contributed by atoms with Crippen LogP contribution in [0.1, 0.15) is 59.0 Å². The number of carbonyl (C=O) groups excluding carboxylic acids is 1. The van der Waals surface area contributed by atoms with Crippen molar-refractivity contribution in [1.29, 1.82) is 0 Å². The van der Waals surface area contributed by atoms with Crippen molar-refractivity contribution in [3.8, 4) is 17.0 Å². The molecule has 38 heavy (non-hydrogen) atoms. The molecule has 0 saturated heterocycles. The number of fused-ring (bicyclic) bond motifs is 1. The van der Waals surface area contributed by atoms with Gasteiger partial charge in [-0.05, 0) is 43.5 Å². The maximum absolute atomic E-state index is 13.9. The SMILES string of the molecule is COc1ccccc1-c1cc(C(F)F)n2ncc(C(=O)NCCCn3nc(C(F)(F)F)cc3C3CC3)c2n1. The molecule has 0 unspecified atom stereocenters. The number of amides is 1. The molecule has 3 aromatic heterocycles. The molecule has 0 aliphatic heterocycles. The van der Waals surface area contributed by atoms with Crippen LogP contribution in [-0.4, -0.2) is 43.9 Å². The average molecular weight is 534 g/mol. The Morgan fingerprint density at radius 2 is 1.97 bits per heavy atom. The number of hydrogen-bond donors (Lipinski definition) is 1. The molecule has 1 saturated carbocycles. The molecule has 13 heteroatoms. The predicted molar refractivity (Wildman–Crippen MR) is 126 cm³/mol. The number of para-hydroxylation sites is 1. The van der Waals surface area contributed by atoms with Crippen LogP contribution in [-0.2, 0) is 12.7 Å². The van der Waals surface area contributed by atoms with Crippen molar-refractivity contribution in [2.24, 2.45) is 0 Å². The van der Waals surface area contributed by atoms with E-state index in [4.69, 9.17) is 4.74 Å². The molecule has 1 aliphatic rings. The number of benzene rings is 1. The smallest absolute Gasteiger partial charge is 0.435 e. The topological polar surface area (TPSA) is 86.3 Å². The summed E-state index contributed by atoms with van der Waals surface area (Å²) in [4.78, 5) is 17.3. The minimum atomic E-state index is -4.53. The number of rotatable bonds is 9. The number of halogens is 5. The van der Waals surface area contributed by atoms with Gasteiger partial charge in [-0.25, -0.2) is 18.3 Å². The molecule has 4 aromatic rings. The van der Waals surface area contributed by atoms with Crippen molar-refractivity contribution in [2.45, 2.75) is 44.3 Å². The molecular formula is C25H23F5N6O2. The lowest BCUT2D eigenvalue weighted by molar-refractivity contribution is -0.141. The van der Waals surface area contributed by atoms with Gasteiger partial charge in [0.05, 0.1) is 19.0 Å². The Kier molecular flexibility index (Phi) is 6.76. The first-order chi connectivity index (χ1) is 18.2. The number of ether oxygens (including phenoxy) is 1. The third-order valence-electron chi connectivity index (χ3n) is 6.28. The molecule has 0 radical (unpaired) electrons. The molecule has 8 nitrogen and oxygen atoms in total. The predicted octanol–water partition coefficient (Wildman–Crippen LogP) is 5.26. The van der Waals surface area contributed by atoms with E-state index in [1.165, 1.54) is 17.9 Å². The molecule has 0 bridgehead atoms. The van der Waals surface area contributed by atoms with Crippen molar-refractivity contribution >= 4 is 11.6 Å². The zero-order chi connectivity index (χ0) is 27.0. The van der Waals surface area contributed by atoms with Crippen LogP contribution >= 0.6 is 0 Å². The van der Waals surface area contributed by atoms with E-state index in [9.17, 15) is 26.7 Å². The van der Waals surface area contributed by atoms with E-state index in [-0.39, 0.29) is 35.9 Å². The highest BCUT2D eigenvalue weighted by atomic mass is 19.4. The highest BCUT2D eigenvalue weighted by Crippen LogP contribution is 2.42. The summed E-state index contributed by atoms with van der Waals surface area (Å²) in [6, 6.07) is 9.05. The number of hydrogen-bond acceptors (Lipinski definition) is 5. The Morgan fingerprint density at radius 1 is 1.21 bits per heavy atom. The highest BCUT2D eigenvalue weighted by molar-refractivity contribution is 5.99. The lowest BCUT2D eigenvalue weighted by Gasteiger charge is -2.11. The van der Waals surface area contributed by atoms with Gasteiger partial charge < -0.3 is 10.1 Å². The van der Waals surface area contributed by atoms with Crippen molar-refractivity contribution < 1.29 is 31.5 Å². The fourth-order valence-electron chi connectivity index (χ4n) is 4.28. The molecule has 3 heterocycles. The summed E-state index contributed by atoms with van der Waals surface area (Å²) in [5.74, 6) is -0.101. The molecule has 200 valence electrons. The molecule has 1 N–H and O–H groups in total. The van der Waals surface area contributed by atoms with Crippen LogP contribution in [0.15, 0.2) is 42.6 Å². The average Bonchev–Trinajstić information content (AvgIpc) is 3.49. The van der Waals surface area contributed by atoms with Crippen LogP contribution in [0, 0.1) is 0 Å². The van der Waals surface area contributed by atoms with Crippen LogP contribution in [0.3, 0.4) is 0 Å². The van der Waals surface area contributed by atoms with Gasteiger partial charge in [0.25, 0.3) is 12.3 Å². The summed E-state index contributed by atoms with van der Waals surface area (Å²) in [6.07, 6.45) is -4.31. The second kappa shape index (κ2) is 10.0. The van der Waals surface area contributed by atoms with Gasteiger partial charge in [-0.1, -0.05) is 12.1 Å². The first-order valence-corrected chi connectivity index (χ1v) is 11.9.